The van der Waals surface area contributed by atoms with Crippen molar-refractivity contribution in [2.45, 2.75) is 65.5 Å². The van der Waals surface area contributed by atoms with Crippen molar-refractivity contribution in [3.63, 3.8) is 0 Å². The second-order valence-corrected chi connectivity index (χ2v) is 8.38. The molecule has 1 atom stereocenters. The second-order valence-electron chi connectivity index (χ2n) is 8.38. The number of hydrogen-bond donors (Lipinski definition) is 1. The molecule has 138 valence electrons. The summed E-state index contributed by atoms with van der Waals surface area (Å²) in [6.45, 7) is 13.8. The monoisotopic (exact) mass is 349 g/mol. The Labute approximate surface area is 158 Å². The molecular weight excluding hydrogens is 318 g/mol. The van der Waals surface area contributed by atoms with Crippen LogP contribution in [0, 0.1) is 6.92 Å². The summed E-state index contributed by atoms with van der Waals surface area (Å²) in [5.74, 6) is 0.546. The minimum Gasteiger partial charge on any atom is -0.364 e. The number of hydrazone groups is 1. The fourth-order valence-electron chi connectivity index (χ4n) is 4.42. The van der Waals surface area contributed by atoms with Crippen molar-refractivity contribution < 1.29 is 0 Å². The quantitative estimate of drug-likeness (QED) is 0.546. The van der Waals surface area contributed by atoms with Gasteiger partial charge in [-0.25, -0.2) is 0 Å². The molecule has 1 N–H and O–H groups in total. The van der Waals surface area contributed by atoms with E-state index in [0.29, 0.717) is 12.0 Å². The number of nitrogens with zero attached hydrogens (tertiary/aromatic N) is 2. The van der Waals surface area contributed by atoms with Crippen LogP contribution < -0.4 is 10.3 Å². The zero-order chi connectivity index (χ0) is 18.9. The summed E-state index contributed by atoms with van der Waals surface area (Å²) in [4.78, 5) is 2.58. The molecule has 3 heteroatoms. The van der Waals surface area contributed by atoms with Crippen LogP contribution in [-0.2, 0) is 0 Å². The highest BCUT2D eigenvalue weighted by Crippen LogP contribution is 2.45. The normalized spacial score (nSPS) is 19.0. The molecule has 26 heavy (non-hydrogen) atoms. The second kappa shape index (κ2) is 7.14. The molecule has 2 aromatic rings. The molecule has 3 rings (SSSR count). The molecule has 0 aliphatic carbocycles. The predicted molar refractivity (Wildman–Crippen MR) is 114 cm³/mol. The third-order valence-corrected chi connectivity index (χ3v) is 5.35. The number of para-hydroxylation sites is 1. The summed E-state index contributed by atoms with van der Waals surface area (Å²) in [7, 11) is 0. The van der Waals surface area contributed by atoms with Gasteiger partial charge in [0.05, 0.1) is 11.9 Å². The van der Waals surface area contributed by atoms with Crippen LogP contribution >= 0.6 is 0 Å². The largest absolute Gasteiger partial charge is 0.364 e. The van der Waals surface area contributed by atoms with Crippen LogP contribution in [-0.4, -0.2) is 17.8 Å². The summed E-state index contributed by atoms with van der Waals surface area (Å²) < 4.78 is 0. The predicted octanol–water partition coefficient (Wildman–Crippen LogP) is 5.94. The van der Waals surface area contributed by atoms with E-state index in [-0.39, 0.29) is 5.54 Å². The van der Waals surface area contributed by atoms with Gasteiger partial charge in [-0.3, -0.25) is 5.43 Å². The average molecular weight is 350 g/mol. The lowest BCUT2D eigenvalue weighted by molar-refractivity contribution is 0.356. The minimum atomic E-state index is 0.178. The van der Waals surface area contributed by atoms with E-state index in [1.165, 1.54) is 28.8 Å². The van der Waals surface area contributed by atoms with Gasteiger partial charge in [-0.1, -0.05) is 25.1 Å². The summed E-state index contributed by atoms with van der Waals surface area (Å²) in [5, 5.41) is 4.44. The highest BCUT2D eigenvalue weighted by Gasteiger charge is 2.37. The lowest BCUT2D eigenvalue weighted by Gasteiger charge is -2.50. The Kier molecular flexibility index (Phi) is 5.08. The molecule has 0 radical (unpaired) electrons. The third-order valence-electron chi connectivity index (χ3n) is 5.35. The molecule has 0 spiro atoms. The lowest BCUT2D eigenvalue weighted by Crippen LogP contribution is -2.51. The van der Waals surface area contributed by atoms with E-state index in [2.05, 4.69) is 69.1 Å². The SMILES string of the molecule is Cc1cc2c(cc1/C=N\Nc1ccccc1)[C@H](C)CC(C)(C)N2C(C)C. The van der Waals surface area contributed by atoms with Crippen LogP contribution in [0.3, 0.4) is 0 Å². The first-order valence-corrected chi connectivity index (χ1v) is 9.57. The van der Waals surface area contributed by atoms with Gasteiger partial charge in [0.1, 0.15) is 0 Å². The van der Waals surface area contributed by atoms with Gasteiger partial charge in [-0.05, 0) is 87.9 Å². The lowest BCUT2D eigenvalue weighted by atomic mass is 9.78. The molecule has 0 aromatic heterocycles. The van der Waals surface area contributed by atoms with Crippen LogP contribution in [0.25, 0.3) is 0 Å². The molecule has 1 aliphatic heterocycles. The van der Waals surface area contributed by atoms with Gasteiger partial charge in [-0.2, -0.15) is 5.10 Å². The van der Waals surface area contributed by atoms with Crippen molar-refractivity contribution in [2.24, 2.45) is 5.10 Å². The van der Waals surface area contributed by atoms with Gasteiger partial charge in [0.15, 0.2) is 0 Å². The van der Waals surface area contributed by atoms with Gasteiger partial charge < -0.3 is 4.90 Å². The van der Waals surface area contributed by atoms with Gasteiger partial charge in [0, 0.05) is 17.3 Å². The highest BCUT2D eigenvalue weighted by atomic mass is 15.3. The van der Waals surface area contributed by atoms with Gasteiger partial charge in [-0.15, -0.1) is 0 Å². The molecule has 1 aliphatic rings. The zero-order valence-corrected chi connectivity index (χ0v) is 16.9. The van der Waals surface area contributed by atoms with Crippen molar-refractivity contribution >= 4 is 17.6 Å². The number of aryl methyl sites for hydroxylation is 1. The first-order valence-electron chi connectivity index (χ1n) is 9.57. The molecular formula is C23H31N3. The van der Waals surface area contributed by atoms with Crippen LogP contribution in [0.15, 0.2) is 47.6 Å². The van der Waals surface area contributed by atoms with Gasteiger partial charge >= 0.3 is 0 Å². The smallest absolute Gasteiger partial charge is 0.0561 e. The summed E-state index contributed by atoms with van der Waals surface area (Å²) in [6, 6.07) is 15.2. The number of fused-ring (bicyclic) bond motifs is 1. The van der Waals surface area contributed by atoms with E-state index in [9.17, 15) is 0 Å². The molecule has 0 unspecified atom stereocenters. The van der Waals surface area contributed by atoms with Crippen molar-refractivity contribution in [1.29, 1.82) is 0 Å². The molecule has 0 saturated carbocycles. The van der Waals surface area contributed by atoms with Crippen LogP contribution in [0.4, 0.5) is 11.4 Å². The fourth-order valence-corrected chi connectivity index (χ4v) is 4.42. The Balaban J connectivity index is 1.93. The fraction of sp³-hybridized carbons (Fsp3) is 0.435. The van der Waals surface area contributed by atoms with E-state index in [1.54, 1.807) is 0 Å². The van der Waals surface area contributed by atoms with Crippen molar-refractivity contribution in [3.8, 4) is 0 Å². The number of rotatable bonds is 4. The Morgan fingerprint density at radius 3 is 2.54 bits per heavy atom. The highest BCUT2D eigenvalue weighted by molar-refractivity contribution is 5.84. The van der Waals surface area contributed by atoms with E-state index in [0.717, 1.165) is 5.69 Å². The maximum atomic E-state index is 4.44. The maximum absolute atomic E-state index is 4.44. The Hall–Kier alpha value is -2.29. The molecule has 3 nitrogen and oxygen atoms in total. The number of benzene rings is 2. The maximum Gasteiger partial charge on any atom is 0.0561 e. The Morgan fingerprint density at radius 1 is 1.19 bits per heavy atom. The first kappa shape index (κ1) is 18.5. The number of anilines is 2. The summed E-state index contributed by atoms with van der Waals surface area (Å²) in [5.41, 5.74) is 9.55. The standard InChI is InChI=1S/C23H31N3/c1-16(2)26-22-12-17(3)19(13-21(22)18(4)14-23(26,5)6)15-24-25-20-10-8-7-9-11-20/h7-13,15-16,18,25H,14H2,1-6H3/b24-15-/t18-/m1/s1. The van der Waals surface area contributed by atoms with Crippen molar-refractivity contribution in [3.05, 3.63) is 59.2 Å². The van der Waals surface area contributed by atoms with Crippen molar-refractivity contribution in [1.82, 2.24) is 0 Å². The van der Waals surface area contributed by atoms with Crippen LogP contribution in [0.5, 0.6) is 0 Å². The van der Waals surface area contributed by atoms with E-state index >= 15 is 0 Å². The first-order chi connectivity index (χ1) is 12.3. The van der Waals surface area contributed by atoms with Gasteiger partial charge in [0.25, 0.3) is 0 Å². The Morgan fingerprint density at radius 2 is 1.88 bits per heavy atom. The molecule has 0 saturated heterocycles. The molecule has 0 bridgehead atoms. The average Bonchev–Trinajstić information content (AvgIpc) is 2.55. The third kappa shape index (κ3) is 3.62. The van der Waals surface area contributed by atoms with Crippen molar-refractivity contribution in [2.75, 3.05) is 10.3 Å². The zero-order valence-electron chi connectivity index (χ0n) is 16.9. The minimum absolute atomic E-state index is 0.178. The van der Waals surface area contributed by atoms with E-state index in [4.69, 9.17) is 0 Å². The number of nitrogens with one attached hydrogen (secondary N) is 1. The summed E-state index contributed by atoms with van der Waals surface area (Å²) >= 11 is 0. The topological polar surface area (TPSA) is 27.6 Å². The summed E-state index contributed by atoms with van der Waals surface area (Å²) in [6.07, 6.45) is 3.11. The molecule has 0 fully saturated rings. The van der Waals surface area contributed by atoms with E-state index in [1.807, 2.05) is 36.5 Å². The Bertz CT molecular complexity index is 791. The van der Waals surface area contributed by atoms with Gasteiger partial charge in [0.2, 0.25) is 0 Å². The molecule has 2 aromatic carbocycles. The van der Waals surface area contributed by atoms with Crippen LogP contribution in [0.1, 0.15) is 63.6 Å². The molecule has 0 amide bonds. The van der Waals surface area contributed by atoms with Crippen LogP contribution in [0.2, 0.25) is 0 Å². The number of hydrogen-bond acceptors (Lipinski definition) is 3. The molecule has 1 heterocycles. The van der Waals surface area contributed by atoms with E-state index < -0.39 is 0 Å².